The number of carbonyl (C=O) groups is 1. The van der Waals surface area contributed by atoms with Gasteiger partial charge in [-0.3, -0.25) is 4.79 Å². The van der Waals surface area contributed by atoms with Crippen LogP contribution in [0, 0.1) is 0 Å². The van der Waals surface area contributed by atoms with Crippen molar-refractivity contribution in [2.24, 2.45) is 0 Å². The van der Waals surface area contributed by atoms with Crippen molar-refractivity contribution in [3.63, 3.8) is 0 Å². The summed E-state index contributed by atoms with van der Waals surface area (Å²) < 4.78 is 1.21. The molecule has 1 unspecified atom stereocenters. The number of fused-ring (bicyclic) bond motifs is 1. The summed E-state index contributed by atoms with van der Waals surface area (Å²) in [5, 5.41) is 7.35. The van der Waals surface area contributed by atoms with Gasteiger partial charge in [0.2, 0.25) is 5.91 Å². The Morgan fingerprint density at radius 1 is 1.28 bits per heavy atom. The fraction of sp³-hybridized carbons (Fsp3) is 0.417. The maximum Gasteiger partial charge on any atom is 0.220 e. The Bertz CT molecular complexity index is 851. The minimum atomic E-state index is 0.0860. The number of allylic oxidation sites excluding steroid dienone is 5. The number of aryl methyl sites for hydroxylation is 1. The standard InChI is InChI=1S/C24H33N3OS/c1-5-6-7-8-9-10-11-20(17-25-4)26-23(28)14-15-24-27-21-13-12-19(18(2)3)16-22(21)29-24/h5-9,12-13,16,18,20,25H,1,10-11,14-15,17H2,2-4H3,(H,26,28)/b7-6-,9-8-. The largest absolute Gasteiger partial charge is 0.352 e. The van der Waals surface area contributed by atoms with Gasteiger partial charge in [0.1, 0.15) is 0 Å². The Kier molecular flexibility index (Phi) is 9.81. The molecule has 2 rings (SSSR count). The van der Waals surface area contributed by atoms with Crippen molar-refractivity contribution in [1.82, 2.24) is 15.6 Å². The van der Waals surface area contributed by atoms with Crippen molar-refractivity contribution in [3.05, 3.63) is 65.7 Å². The molecule has 0 saturated carbocycles. The zero-order valence-corrected chi connectivity index (χ0v) is 18.6. The van der Waals surface area contributed by atoms with Crippen LogP contribution < -0.4 is 10.6 Å². The van der Waals surface area contributed by atoms with Crippen molar-refractivity contribution in [2.45, 2.75) is 51.5 Å². The van der Waals surface area contributed by atoms with Crippen LogP contribution in [-0.4, -0.2) is 30.5 Å². The Morgan fingerprint density at radius 2 is 2.10 bits per heavy atom. The van der Waals surface area contributed by atoms with Crippen molar-refractivity contribution in [2.75, 3.05) is 13.6 Å². The molecule has 0 aliphatic heterocycles. The lowest BCUT2D eigenvalue weighted by molar-refractivity contribution is -0.121. The summed E-state index contributed by atoms with van der Waals surface area (Å²) >= 11 is 1.70. The monoisotopic (exact) mass is 411 g/mol. The molecule has 0 saturated heterocycles. The van der Waals surface area contributed by atoms with Gasteiger partial charge < -0.3 is 10.6 Å². The molecule has 0 spiro atoms. The zero-order chi connectivity index (χ0) is 21.1. The van der Waals surface area contributed by atoms with E-state index >= 15 is 0 Å². The first-order valence-electron chi connectivity index (χ1n) is 10.3. The second-order valence-corrected chi connectivity index (χ2v) is 8.55. The van der Waals surface area contributed by atoms with Crippen LogP contribution in [0.1, 0.15) is 49.6 Å². The first kappa shape index (κ1) is 23.0. The summed E-state index contributed by atoms with van der Waals surface area (Å²) in [4.78, 5) is 17.1. The molecule has 1 atom stereocenters. The molecule has 0 aliphatic carbocycles. The molecule has 4 nitrogen and oxygen atoms in total. The third kappa shape index (κ3) is 7.95. The summed E-state index contributed by atoms with van der Waals surface area (Å²) in [6, 6.07) is 6.59. The third-order valence-corrected chi connectivity index (χ3v) is 5.76. The van der Waals surface area contributed by atoms with Gasteiger partial charge in [-0.25, -0.2) is 4.98 Å². The molecule has 156 valence electrons. The lowest BCUT2D eigenvalue weighted by atomic mass is 10.0. The number of benzene rings is 1. The second kappa shape index (κ2) is 12.3. The van der Waals surface area contributed by atoms with E-state index in [1.54, 1.807) is 17.4 Å². The molecule has 1 heterocycles. The molecule has 29 heavy (non-hydrogen) atoms. The number of nitrogens with zero attached hydrogens (tertiary/aromatic N) is 1. The third-order valence-electron chi connectivity index (χ3n) is 4.68. The smallest absolute Gasteiger partial charge is 0.220 e. The molecule has 1 aromatic heterocycles. The Labute approximate surface area is 178 Å². The van der Waals surface area contributed by atoms with Gasteiger partial charge in [0.25, 0.3) is 0 Å². The average Bonchev–Trinajstić information content (AvgIpc) is 3.11. The summed E-state index contributed by atoms with van der Waals surface area (Å²) in [7, 11) is 1.91. The van der Waals surface area contributed by atoms with Gasteiger partial charge in [0.15, 0.2) is 0 Å². The molecule has 1 amide bonds. The number of rotatable bonds is 12. The highest BCUT2D eigenvalue weighted by Gasteiger charge is 2.13. The second-order valence-electron chi connectivity index (χ2n) is 7.44. The van der Waals surface area contributed by atoms with Crippen LogP contribution in [0.2, 0.25) is 0 Å². The van der Waals surface area contributed by atoms with Gasteiger partial charge in [0.05, 0.1) is 15.2 Å². The van der Waals surface area contributed by atoms with Crippen LogP contribution in [-0.2, 0) is 11.2 Å². The van der Waals surface area contributed by atoms with E-state index in [0.29, 0.717) is 18.8 Å². The molecule has 0 aliphatic rings. The maximum atomic E-state index is 12.4. The van der Waals surface area contributed by atoms with E-state index in [1.807, 2.05) is 25.3 Å². The molecule has 2 aromatic rings. The van der Waals surface area contributed by atoms with Crippen LogP contribution in [0.3, 0.4) is 0 Å². The van der Waals surface area contributed by atoms with E-state index in [9.17, 15) is 4.79 Å². The lowest BCUT2D eigenvalue weighted by Crippen LogP contribution is -2.41. The highest BCUT2D eigenvalue weighted by atomic mass is 32.1. The number of carbonyl (C=O) groups excluding carboxylic acids is 1. The van der Waals surface area contributed by atoms with E-state index in [1.165, 1.54) is 10.3 Å². The van der Waals surface area contributed by atoms with Crippen LogP contribution in [0.25, 0.3) is 10.2 Å². The zero-order valence-electron chi connectivity index (χ0n) is 17.8. The predicted octanol–water partition coefficient (Wildman–Crippen LogP) is 5.14. The van der Waals surface area contributed by atoms with E-state index in [-0.39, 0.29) is 11.9 Å². The summed E-state index contributed by atoms with van der Waals surface area (Å²) in [5.41, 5.74) is 2.36. The van der Waals surface area contributed by atoms with Crippen molar-refractivity contribution in [3.8, 4) is 0 Å². The highest BCUT2D eigenvalue weighted by Crippen LogP contribution is 2.26. The molecular weight excluding hydrogens is 378 g/mol. The van der Waals surface area contributed by atoms with Crippen LogP contribution in [0.15, 0.2) is 55.2 Å². The van der Waals surface area contributed by atoms with Crippen LogP contribution >= 0.6 is 11.3 Å². The molecule has 0 radical (unpaired) electrons. The normalized spacial score (nSPS) is 13.0. The van der Waals surface area contributed by atoms with E-state index in [0.717, 1.165) is 29.9 Å². The first-order chi connectivity index (χ1) is 14.0. The Morgan fingerprint density at radius 3 is 2.83 bits per heavy atom. The molecule has 2 N–H and O–H groups in total. The number of nitrogens with one attached hydrogen (secondary N) is 2. The minimum Gasteiger partial charge on any atom is -0.352 e. The number of hydrogen-bond donors (Lipinski definition) is 2. The summed E-state index contributed by atoms with van der Waals surface area (Å²) in [6.07, 6.45) is 12.7. The molecule has 0 fully saturated rings. The fourth-order valence-electron chi connectivity index (χ4n) is 3.06. The SMILES string of the molecule is C=C/C=C\C=C/CCC(CNC)NC(=O)CCc1nc2ccc(C(C)C)cc2s1. The van der Waals surface area contributed by atoms with E-state index in [2.05, 4.69) is 60.3 Å². The molecule has 0 bridgehead atoms. The van der Waals surface area contributed by atoms with Crippen LogP contribution in [0.4, 0.5) is 0 Å². The number of aromatic nitrogens is 1. The summed E-state index contributed by atoms with van der Waals surface area (Å²) in [6.45, 7) is 8.81. The fourth-order valence-corrected chi connectivity index (χ4v) is 4.08. The topological polar surface area (TPSA) is 54.0 Å². The van der Waals surface area contributed by atoms with Gasteiger partial charge in [-0.15, -0.1) is 11.3 Å². The van der Waals surface area contributed by atoms with Gasteiger partial charge in [-0.05, 0) is 43.5 Å². The quantitative estimate of drug-likeness (QED) is 0.476. The summed E-state index contributed by atoms with van der Waals surface area (Å²) in [5.74, 6) is 0.593. The number of likely N-dealkylation sites (N-methyl/N-ethyl adjacent to an activating group) is 1. The number of thiazole rings is 1. The molecular formula is C24H33N3OS. The number of amides is 1. The van der Waals surface area contributed by atoms with Gasteiger partial charge >= 0.3 is 0 Å². The number of hydrogen-bond acceptors (Lipinski definition) is 4. The van der Waals surface area contributed by atoms with Gasteiger partial charge in [-0.1, -0.05) is 56.9 Å². The Balaban J connectivity index is 1.84. The Hall–Kier alpha value is -2.24. The average molecular weight is 412 g/mol. The van der Waals surface area contributed by atoms with E-state index < -0.39 is 0 Å². The highest BCUT2D eigenvalue weighted by molar-refractivity contribution is 7.18. The van der Waals surface area contributed by atoms with Crippen molar-refractivity contribution >= 4 is 27.5 Å². The van der Waals surface area contributed by atoms with Gasteiger partial charge in [0, 0.05) is 25.4 Å². The molecule has 1 aromatic carbocycles. The maximum absolute atomic E-state index is 12.4. The van der Waals surface area contributed by atoms with Gasteiger partial charge in [-0.2, -0.15) is 0 Å². The minimum absolute atomic E-state index is 0.0860. The predicted molar refractivity (Wildman–Crippen MR) is 126 cm³/mol. The van der Waals surface area contributed by atoms with Crippen LogP contribution in [0.5, 0.6) is 0 Å². The van der Waals surface area contributed by atoms with E-state index in [4.69, 9.17) is 0 Å². The van der Waals surface area contributed by atoms with Crippen molar-refractivity contribution in [1.29, 1.82) is 0 Å². The van der Waals surface area contributed by atoms with Crippen molar-refractivity contribution < 1.29 is 4.79 Å². The first-order valence-corrected chi connectivity index (χ1v) is 11.1. The lowest BCUT2D eigenvalue weighted by Gasteiger charge is -2.17. The molecule has 5 heteroatoms.